The highest BCUT2D eigenvalue weighted by Crippen LogP contribution is 2.59. The van der Waals surface area contributed by atoms with Crippen LogP contribution in [0.25, 0.3) is 0 Å². The summed E-state index contributed by atoms with van der Waals surface area (Å²) in [5.41, 5.74) is 1.21. The fourth-order valence-corrected chi connectivity index (χ4v) is 4.24. The molecule has 1 aromatic rings. The Hall–Kier alpha value is -1.07. The van der Waals surface area contributed by atoms with Gasteiger partial charge in [-0.05, 0) is 57.5 Å². The van der Waals surface area contributed by atoms with Gasteiger partial charge in [0, 0.05) is 18.5 Å². The van der Waals surface area contributed by atoms with Crippen molar-refractivity contribution in [2.45, 2.75) is 45.1 Å². The maximum Gasteiger partial charge on any atom is 0.226 e. The van der Waals surface area contributed by atoms with Gasteiger partial charge in [0.05, 0.1) is 11.7 Å². The van der Waals surface area contributed by atoms with E-state index in [1.54, 1.807) is 0 Å². The van der Waals surface area contributed by atoms with Crippen molar-refractivity contribution in [2.24, 2.45) is 11.3 Å². The van der Waals surface area contributed by atoms with E-state index < -0.39 is 0 Å². The molecule has 3 aliphatic rings. The molecule has 5 nitrogen and oxygen atoms in total. The second kappa shape index (κ2) is 5.85. The summed E-state index contributed by atoms with van der Waals surface area (Å²) in [6, 6.07) is 2.08. The van der Waals surface area contributed by atoms with Crippen LogP contribution in [0.4, 0.5) is 0 Å². The molecular weight excluding hydrogens is 302 g/mol. The van der Waals surface area contributed by atoms with Gasteiger partial charge < -0.3 is 14.7 Å². The molecule has 3 fully saturated rings. The summed E-state index contributed by atoms with van der Waals surface area (Å²) < 4.78 is 5.41. The molecular formula is C16H24ClN3O2. The van der Waals surface area contributed by atoms with Crippen LogP contribution < -0.4 is 5.32 Å². The van der Waals surface area contributed by atoms with E-state index in [-0.39, 0.29) is 24.4 Å². The topological polar surface area (TPSA) is 58.4 Å². The van der Waals surface area contributed by atoms with Gasteiger partial charge in [-0.3, -0.25) is 4.79 Å². The zero-order valence-corrected chi connectivity index (χ0v) is 13.8. The summed E-state index contributed by atoms with van der Waals surface area (Å²) in [6.07, 6.45) is 5.47. The smallest absolute Gasteiger partial charge is 0.226 e. The molecule has 2 unspecified atom stereocenters. The SMILES string of the molecule is Cc1cc(C2CCCN2C(=O)C2CC23CCNCC3)on1.Cl. The van der Waals surface area contributed by atoms with Crippen LogP contribution in [0.2, 0.25) is 0 Å². The molecule has 0 radical (unpaired) electrons. The number of halogens is 1. The standard InChI is InChI=1S/C16H23N3O2.ClH/c1-11-9-14(21-18-11)13-3-2-8-19(13)15(20)12-10-16(12)4-6-17-7-5-16;/h9,12-13,17H,2-8,10H2,1H3;1H. The first-order valence-electron chi connectivity index (χ1n) is 8.14. The third-order valence-corrected chi connectivity index (χ3v) is 5.60. The van der Waals surface area contributed by atoms with Gasteiger partial charge in [-0.2, -0.15) is 0 Å². The maximum absolute atomic E-state index is 12.9. The number of aromatic nitrogens is 1. The summed E-state index contributed by atoms with van der Waals surface area (Å²) in [4.78, 5) is 15.0. The fraction of sp³-hybridized carbons (Fsp3) is 0.750. The molecule has 0 aromatic carbocycles. The largest absolute Gasteiger partial charge is 0.359 e. The Morgan fingerprint density at radius 3 is 2.91 bits per heavy atom. The molecule has 4 rings (SSSR count). The van der Waals surface area contributed by atoms with Crippen LogP contribution in [0, 0.1) is 18.3 Å². The van der Waals surface area contributed by atoms with E-state index in [4.69, 9.17) is 4.52 Å². The van der Waals surface area contributed by atoms with Crippen LogP contribution in [0.5, 0.6) is 0 Å². The number of hydrogen-bond donors (Lipinski definition) is 1. The van der Waals surface area contributed by atoms with Crippen LogP contribution in [0.15, 0.2) is 10.6 Å². The van der Waals surface area contributed by atoms with E-state index in [2.05, 4.69) is 15.4 Å². The quantitative estimate of drug-likeness (QED) is 0.907. The monoisotopic (exact) mass is 325 g/mol. The second-order valence-corrected chi connectivity index (χ2v) is 6.93. The number of nitrogens with zero attached hydrogens (tertiary/aromatic N) is 2. The molecule has 0 bridgehead atoms. The minimum absolute atomic E-state index is 0. The number of piperidine rings is 1. The summed E-state index contributed by atoms with van der Waals surface area (Å²) in [6.45, 7) is 4.93. The molecule has 2 aliphatic heterocycles. The molecule has 1 aromatic heterocycles. The van der Waals surface area contributed by atoms with Gasteiger partial charge in [0.2, 0.25) is 5.91 Å². The van der Waals surface area contributed by atoms with Crippen LogP contribution >= 0.6 is 12.4 Å². The molecule has 2 saturated heterocycles. The number of nitrogens with one attached hydrogen (secondary N) is 1. The van der Waals surface area contributed by atoms with Crippen molar-refractivity contribution in [3.05, 3.63) is 17.5 Å². The van der Waals surface area contributed by atoms with Gasteiger partial charge in [0.1, 0.15) is 0 Å². The van der Waals surface area contributed by atoms with Crippen LogP contribution in [-0.4, -0.2) is 35.6 Å². The molecule has 3 heterocycles. The number of rotatable bonds is 2. The van der Waals surface area contributed by atoms with Gasteiger partial charge >= 0.3 is 0 Å². The zero-order valence-electron chi connectivity index (χ0n) is 13.0. The predicted molar refractivity (Wildman–Crippen MR) is 84.8 cm³/mol. The highest BCUT2D eigenvalue weighted by molar-refractivity contribution is 5.85. The van der Waals surface area contributed by atoms with E-state index in [1.165, 1.54) is 0 Å². The first-order chi connectivity index (χ1) is 10.2. The number of aryl methyl sites for hydroxylation is 1. The minimum atomic E-state index is 0. The third-order valence-electron chi connectivity index (χ3n) is 5.60. The minimum Gasteiger partial charge on any atom is -0.359 e. The maximum atomic E-state index is 12.9. The highest BCUT2D eigenvalue weighted by Gasteiger charge is 2.59. The van der Waals surface area contributed by atoms with Crippen LogP contribution in [0.3, 0.4) is 0 Å². The first-order valence-corrected chi connectivity index (χ1v) is 8.14. The average molecular weight is 326 g/mol. The lowest BCUT2D eigenvalue weighted by Gasteiger charge is -2.27. The van der Waals surface area contributed by atoms with Crippen molar-refractivity contribution in [2.75, 3.05) is 19.6 Å². The van der Waals surface area contributed by atoms with Gasteiger partial charge in [0.15, 0.2) is 5.76 Å². The van der Waals surface area contributed by atoms with Crippen molar-refractivity contribution in [1.82, 2.24) is 15.4 Å². The molecule has 1 amide bonds. The molecule has 1 N–H and O–H groups in total. The third kappa shape index (κ3) is 2.54. The molecule has 22 heavy (non-hydrogen) atoms. The van der Waals surface area contributed by atoms with Crippen molar-refractivity contribution in [3.8, 4) is 0 Å². The lowest BCUT2D eigenvalue weighted by Crippen LogP contribution is -2.36. The van der Waals surface area contributed by atoms with E-state index in [0.717, 1.165) is 63.2 Å². The average Bonchev–Trinajstić information content (AvgIpc) is 2.87. The summed E-state index contributed by atoms with van der Waals surface area (Å²) >= 11 is 0. The summed E-state index contributed by atoms with van der Waals surface area (Å²) in [5.74, 6) is 1.47. The van der Waals surface area contributed by atoms with Gasteiger partial charge in [-0.15, -0.1) is 12.4 Å². The normalized spacial score (nSPS) is 29.4. The predicted octanol–water partition coefficient (Wildman–Crippen LogP) is 2.46. The Balaban J connectivity index is 0.00000144. The van der Waals surface area contributed by atoms with Crippen molar-refractivity contribution in [3.63, 3.8) is 0 Å². The molecule has 1 aliphatic carbocycles. The molecule has 1 saturated carbocycles. The first kappa shape index (κ1) is 15.8. The Labute approximate surface area is 137 Å². The summed E-state index contributed by atoms with van der Waals surface area (Å²) in [5, 5.41) is 7.38. The van der Waals surface area contributed by atoms with Gasteiger partial charge in [-0.25, -0.2) is 0 Å². The number of carbonyl (C=O) groups excluding carboxylic acids is 1. The van der Waals surface area contributed by atoms with Gasteiger partial charge in [0.25, 0.3) is 0 Å². The second-order valence-electron chi connectivity index (χ2n) is 6.93. The lowest BCUT2D eigenvalue weighted by atomic mass is 9.91. The highest BCUT2D eigenvalue weighted by atomic mass is 35.5. The molecule has 1 spiro atoms. The molecule has 122 valence electrons. The van der Waals surface area contributed by atoms with Gasteiger partial charge in [-0.1, -0.05) is 5.16 Å². The summed E-state index contributed by atoms with van der Waals surface area (Å²) in [7, 11) is 0. The van der Waals surface area contributed by atoms with Crippen molar-refractivity contribution in [1.29, 1.82) is 0 Å². The molecule has 6 heteroatoms. The molecule has 2 atom stereocenters. The number of likely N-dealkylation sites (tertiary alicyclic amines) is 1. The lowest BCUT2D eigenvalue weighted by molar-refractivity contribution is -0.135. The fourth-order valence-electron chi connectivity index (χ4n) is 4.24. The van der Waals surface area contributed by atoms with Crippen LogP contribution in [0.1, 0.15) is 49.6 Å². The van der Waals surface area contributed by atoms with E-state index in [0.29, 0.717) is 11.3 Å². The zero-order chi connectivity index (χ0) is 14.4. The van der Waals surface area contributed by atoms with Crippen molar-refractivity contribution < 1.29 is 9.32 Å². The number of hydrogen-bond acceptors (Lipinski definition) is 4. The van der Waals surface area contributed by atoms with E-state index >= 15 is 0 Å². The Bertz CT molecular complexity index is 553. The number of amides is 1. The Kier molecular flexibility index (Phi) is 4.21. The van der Waals surface area contributed by atoms with Crippen molar-refractivity contribution >= 4 is 18.3 Å². The number of carbonyl (C=O) groups is 1. The Morgan fingerprint density at radius 1 is 1.45 bits per heavy atom. The van der Waals surface area contributed by atoms with E-state index in [1.807, 2.05) is 13.0 Å². The Morgan fingerprint density at radius 2 is 2.23 bits per heavy atom. The van der Waals surface area contributed by atoms with Crippen LogP contribution in [-0.2, 0) is 4.79 Å². The van der Waals surface area contributed by atoms with E-state index in [9.17, 15) is 4.79 Å².